The summed E-state index contributed by atoms with van der Waals surface area (Å²) >= 11 is 0. The van der Waals surface area contributed by atoms with Gasteiger partial charge in [0.15, 0.2) is 0 Å². The molecule has 0 bridgehead atoms. The zero-order valence-electron chi connectivity index (χ0n) is 13.3. The van der Waals surface area contributed by atoms with Crippen LogP contribution in [0.1, 0.15) is 36.8 Å². The Morgan fingerprint density at radius 3 is 1.48 bits per heavy atom. The van der Waals surface area contributed by atoms with E-state index in [1.165, 1.54) is 36.8 Å². The van der Waals surface area contributed by atoms with Gasteiger partial charge in [0.1, 0.15) is 0 Å². The zero-order chi connectivity index (χ0) is 15.5. The molecule has 0 saturated heterocycles. The summed E-state index contributed by atoms with van der Waals surface area (Å²) in [6, 6.07) is 22.0. The van der Waals surface area contributed by atoms with Crippen molar-refractivity contribution in [3.63, 3.8) is 0 Å². The Hall–Kier alpha value is -1.86. The highest BCUT2D eigenvalue weighted by atomic mass is 32.1. The maximum absolute atomic E-state index is 2.38. The molecule has 1 heteroatoms. The van der Waals surface area contributed by atoms with Gasteiger partial charge in [-0.15, -0.1) is 10.9 Å². The van der Waals surface area contributed by atoms with Crippen LogP contribution in [-0.4, -0.2) is 9.73 Å². The molecule has 0 radical (unpaired) electrons. The molecule has 1 aliphatic heterocycles. The summed E-state index contributed by atoms with van der Waals surface area (Å²) in [5.41, 5.74) is 2.84. The van der Waals surface area contributed by atoms with Crippen LogP contribution < -0.4 is 0 Å². The van der Waals surface area contributed by atoms with E-state index < -0.39 is 0 Å². The van der Waals surface area contributed by atoms with Crippen molar-refractivity contribution in [1.82, 2.24) is 0 Å². The number of fused-ring (bicyclic) bond motifs is 1. The molecule has 0 nitrogen and oxygen atoms in total. The van der Waals surface area contributed by atoms with Crippen LogP contribution in [0.25, 0.3) is 0 Å². The van der Waals surface area contributed by atoms with E-state index in [1.54, 1.807) is 9.73 Å². The molecule has 2 aromatic rings. The Balaban J connectivity index is 1.82. The minimum atomic E-state index is 0.683. The predicted molar refractivity (Wildman–Crippen MR) is 103 cm³/mol. The molecule has 0 N–H and O–H groups in total. The van der Waals surface area contributed by atoms with Gasteiger partial charge in [-0.1, -0.05) is 72.8 Å². The molecule has 4 rings (SSSR count). The second-order valence-corrected chi connectivity index (χ2v) is 7.49. The fourth-order valence-electron chi connectivity index (χ4n) is 3.84. The molecule has 2 aliphatic rings. The molecule has 0 aromatic heterocycles. The SMILES string of the molecule is C1=C\CCC2C(c3ccccc3)=S=C(c3ccccc3)C2CC/1. The minimum Gasteiger partial charge on any atom is -0.144 e. The van der Waals surface area contributed by atoms with E-state index in [1.807, 2.05) is 10.9 Å². The topological polar surface area (TPSA) is 0 Å². The van der Waals surface area contributed by atoms with E-state index >= 15 is 0 Å². The summed E-state index contributed by atoms with van der Waals surface area (Å²) in [5.74, 6) is 1.37. The molecule has 1 heterocycles. The maximum atomic E-state index is 2.38. The van der Waals surface area contributed by atoms with Gasteiger partial charge in [0.2, 0.25) is 0 Å². The van der Waals surface area contributed by atoms with Crippen LogP contribution in [0.5, 0.6) is 0 Å². The van der Waals surface area contributed by atoms with Gasteiger partial charge >= 0.3 is 0 Å². The highest BCUT2D eigenvalue weighted by Crippen LogP contribution is 2.37. The second-order valence-electron chi connectivity index (χ2n) is 6.40. The van der Waals surface area contributed by atoms with Gasteiger partial charge in [-0.05, 0) is 36.8 Å². The smallest absolute Gasteiger partial charge is 0.0158 e. The number of rotatable bonds is 2. The first-order valence-corrected chi connectivity index (χ1v) is 9.42. The first-order valence-electron chi connectivity index (χ1n) is 8.61. The monoisotopic (exact) mass is 318 g/mol. The average molecular weight is 318 g/mol. The summed E-state index contributed by atoms with van der Waals surface area (Å²) in [7, 11) is 2.05. The van der Waals surface area contributed by atoms with Crippen molar-refractivity contribution < 1.29 is 0 Å². The van der Waals surface area contributed by atoms with Crippen LogP contribution in [-0.2, 0) is 0 Å². The highest BCUT2D eigenvalue weighted by molar-refractivity contribution is 7.99. The molecule has 2 unspecified atom stereocenters. The largest absolute Gasteiger partial charge is 0.144 e. The van der Waals surface area contributed by atoms with Crippen molar-refractivity contribution in [2.45, 2.75) is 25.7 Å². The second kappa shape index (κ2) is 6.72. The Labute approximate surface area is 142 Å². The lowest BCUT2D eigenvalue weighted by Crippen LogP contribution is -2.25. The van der Waals surface area contributed by atoms with Gasteiger partial charge in [0, 0.05) is 21.6 Å². The molecule has 2 aromatic carbocycles. The van der Waals surface area contributed by atoms with E-state index in [0.717, 1.165) is 0 Å². The van der Waals surface area contributed by atoms with Crippen molar-refractivity contribution in [2.75, 3.05) is 0 Å². The predicted octanol–water partition coefficient (Wildman–Crippen LogP) is 5.54. The molecule has 0 fully saturated rings. The van der Waals surface area contributed by atoms with Crippen LogP contribution in [0.15, 0.2) is 72.8 Å². The normalized spacial score (nSPS) is 25.2. The van der Waals surface area contributed by atoms with Gasteiger partial charge < -0.3 is 0 Å². The molecular weight excluding hydrogens is 296 g/mol. The van der Waals surface area contributed by atoms with Crippen molar-refractivity contribution >= 4 is 20.7 Å². The van der Waals surface area contributed by atoms with E-state index in [4.69, 9.17) is 0 Å². The van der Waals surface area contributed by atoms with E-state index in [-0.39, 0.29) is 0 Å². The fourth-order valence-corrected chi connectivity index (χ4v) is 5.45. The Morgan fingerprint density at radius 2 is 1.04 bits per heavy atom. The molecule has 116 valence electrons. The molecule has 0 amide bonds. The summed E-state index contributed by atoms with van der Waals surface area (Å²) in [6.07, 6.45) is 9.72. The van der Waals surface area contributed by atoms with Crippen molar-refractivity contribution in [3.05, 3.63) is 83.9 Å². The van der Waals surface area contributed by atoms with Crippen LogP contribution in [0.4, 0.5) is 0 Å². The van der Waals surface area contributed by atoms with Crippen molar-refractivity contribution in [1.29, 1.82) is 0 Å². The highest BCUT2D eigenvalue weighted by Gasteiger charge is 2.33. The third-order valence-corrected chi connectivity index (χ3v) is 6.47. The molecule has 23 heavy (non-hydrogen) atoms. The van der Waals surface area contributed by atoms with Crippen LogP contribution in [0, 0.1) is 11.8 Å². The van der Waals surface area contributed by atoms with Crippen LogP contribution >= 0.6 is 10.9 Å². The van der Waals surface area contributed by atoms with E-state index in [9.17, 15) is 0 Å². The Kier molecular flexibility index (Phi) is 4.30. The van der Waals surface area contributed by atoms with Gasteiger partial charge in [0.05, 0.1) is 0 Å². The lowest BCUT2D eigenvalue weighted by Gasteiger charge is -2.26. The third kappa shape index (κ3) is 2.98. The first-order chi connectivity index (χ1) is 11.4. The summed E-state index contributed by atoms with van der Waals surface area (Å²) in [4.78, 5) is 3.18. The van der Waals surface area contributed by atoms with Crippen molar-refractivity contribution in [3.8, 4) is 0 Å². The van der Waals surface area contributed by atoms with Gasteiger partial charge in [-0.3, -0.25) is 0 Å². The number of benzene rings is 2. The molecule has 2 atom stereocenters. The third-order valence-electron chi connectivity index (χ3n) is 4.95. The molecular formula is C22H22S. The van der Waals surface area contributed by atoms with Crippen LogP contribution in [0.3, 0.4) is 0 Å². The van der Waals surface area contributed by atoms with E-state index in [0.29, 0.717) is 11.8 Å². The molecule has 0 spiro atoms. The molecule has 1 aliphatic carbocycles. The lowest BCUT2D eigenvalue weighted by atomic mass is 9.77. The summed E-state index contributed by atoms with van der Waals surface area (Å²) in [5, 5.41) is 0. The summed E-state index contributed by atoms with van der Waals surface area (Å²) in [6.45, 7) is 0. The van der Waals surface area contributed by atoms with Crippen molar-refractivity contribution in [2.24, 2.45) is 11.8 Å². The number of allylic oxidation sites excluding steroid dienone is 2. The van der Waals surface area contributed by atoms with Gasteiger partial charge in [-0.2, -0.15) is 0 Å². The lowest BCUT2D eigenvalue weighted by molar-refractivity contribution is 0.478. The van der Waals surface area contributed by atoms with Crippen LogP contribution in [0.2, 0.25) is 0 Å². The average Bonchev–Trinajstić information content (AvgIpc) is 2.94. The quantitative estimate of drug-likeness (QED) is 0.504. The minimum absolute atomic E-state index is 0.683. The molecule has 0 saturated carbocycles. The first kappa shape index (κ1) is 14.7. The van der Waals surface area contributed by atoms with E-state index in [2.05, 4.69) is 72.8 Å². The number of hydrogen-bond donors (Lipinski definition) is 0. The van der Waals surface area contributed by atoms with Gasteiger partial charge in [0.25, 0.3) is 0 Å². The number of hydrogen-bond acceptors (Lipinski definition) is 0. The standard InChI is InChI=1S/C22H22S/c1-2-10-16-20-19(15-9-1)21(17-11-5-3-6-12-17)23-22(20)18-13-7-4-8-14-18/h1-8,11-14,19-20H,9-10,15-16H2/b2-1-. The summed E-state index contributed by atoms with van der Waals surface area (Å²) < 4.78 is 0. The Morgan fingerprint density at radius 1 is 0.609 bits per heavy atom. The zero-order valence-corrected chi connectivity index (χ0v) is 14.1. The maximum Gasteiger partial charge on any atom is 0.0158 e. The fraction of sp³-hybridized carbons (Fsp3) is 0.273. The van der Waals surface area contributed by atoms with Gasteiger partial charge in [-0.25, -0.2) is 0 Å². The Bertz CT molecular complexity index is 701.